The Morgan fingerprint density at radius 2 is 1.90 bits per heavy atom. The Morgan fingerprint density at radius 3 is 2.52 bits per heavy atom. The molecule has 4 nitrogen and oxygen atoms in total. The Balaban J connectivity index is 2.43. The molecule has 1 aromatic heterocycles. The van der Waals surface area contributed by atoms with Crippen LogP contribution in [0.4, 0.5) is 24.7 Å². The van der Waals surface area contributed by atoms with E-state index in [2.05, 4.69) is 9.97 Å². The minimum Gasteiger partial charge on any atom is -0.497 e. The second-order valence-corrected chi connectivity index (χ2v) is 4.52. The Labute approximate surface area is 124 Å². The lowest BCUT2D eigenvalue weighted by Crippen LogP contribution is -2.17. The first kappa shape index (κ1) is 15.4. The average molecular weight is 318 g/mol. The lowest BCUT2D eigenvalue weighted by molar-refractivity contribution is -0.144. The number of anilines is 2. The van der Waals surface area contributed by atoms with E-state index < -0.39 is 12.0 Å². The third kappa shape index (κ3) is 3.55. The summed E-state index contributed by atoms with van der Waals surface area (Å²) in [5.41, 5.74) is 0.609. The van der Waals surface area contributed by atoms with Gasteiger partial charge in [-0.25, -0.2) is 9.97 Å². The van der Waals surface area contributed by atoms with Gasteiger partial charge in [0.25, 0.3) is 0 Å². The number of hydrogen-bond acceptors (Lipinski definition) is 4. The van der Waals surface area contributed by atoms with Crippen LogP contribution in [0.3, 0.4) is 0 Å². The van der Waals surface area contributed by atoms with Gasteiger partial charge >= 0.3 is 6.18 Å². The second kappa shape index (κ2) is 5.77. The summed E-state index contributed by atoms with van der Waals surface area (Å²) >= 11 is 5.64. The monoisotopic (exact) mass is 317 g/mol. The van der Waals surface area contributed by atoms with Crippen molar-refractivity contribution in [1.29, 1.82) is 0 Å². The summed E-state index contributed by atoms with van der Waals surface area (Å²) in [7, 11) is 3.08. The van der Waals surface area contributed by atoms with Crippen molar-refractivity contribution in [3.8, 4) is 5.75 Å². The van der Waals surface area contributed by atoms with Gasteiger partial charge in [0.05, 0.1) is 7.11 Å². The molecule has 0 unspecified atom stereocenters. The predicted molar refractivity (Wildman–Crippen MR) is 73.1 cm³/mol. The highest BCUT2D eigenvalue weighted by Gasteiger charge is 2.35. The van der Waals surface area contributed by atoms with Crippen LogP contribution in [0.15, 0.2) is 30.3 Å². The topological polar surface area (TPSA) is 38.2 Å². The summed E-state index contributed by atoms with van der Waals surface area (Å²) in [6.07, 6.45) is -4.66. The molecule has 0 aliphatic carbocycles. The molecule has 0 aliphatic rings. The number of hydrogen-bond donors (Lipinski definition) is 0. The van der Waals surface area contributed by atoms with Crippen LogP contribution in [0.2, 0.25) is 5.15 Å². The zero-order chi connectivity index (χ0) is 15.6. The maximum Gasteiger partial charge on any atom is 0.451 e. The molecule has 0 bridgehead atoms. The molecule has 0 aliphatic heterocycles. The molecule has 8 heteroatoms. The van der Waals surface area contributed by atoms with Crippen LogP contribution in [0.25, 0.3) is 0 Å². The zero-order valence-electron chi connectivity index (χ0n) is 11.1. The zero-order valence-corrected chi connectivity index (χ0v) is 11.9. The molecular formula is C13H11ClF3N3O. The third-order valence-electron chi connectivity index (χ3n) is 2.72. The molecule has 21 heavy (non-hydrogen) atoms. The number of halogens is 4. The Hall–Kier alpha value is -2.02. The minimum atomic E-state index is -4.66. The number of methoxy groups -OCH3 is 1. The molecule has 112 valence electrons. The highest BCUT2D eigenvalue weighted by atomic mass is 35.5. The summed E-state index contributed by atoms with van der Waals surface area (Å²) in [5, 5.41) is -0.276. The third-order valence-corrected chi connectivity index (χ3v) is 2.91. The van der Waals surface area contributed by atoms with Crippen molar-refractivity contribution in [1.82, 2.24) is 9.97 Å². The van der Waals surface area contributed by atoms with Gasteiger partial charge in [-0.05, 0) is 12.1 Å². The van der Waals surface area contributed by atoms with Gasteiger partial charge < -0.3 is 9.64 Å². The number of aromatic nitrogens is 2. The highest BCUT2D eigenvalue weighted by molar-refractivity contribution is 6.29. The van der Waals surface area contributed by atoms with Crippen molar-refractivity contribution in [2.75, 3.05) is 19.1 Å². The summed E-state index contributed by atoms with van der Waals surface area (Å²) in [5.74, 6) is -0.661. The Kier molecular flexibility index (Phi) is 4.22. The maximum absolute atomic E-state index is 12.7. The van der Waals surface area contributed by atoms with E-state index >= 15 is 0 Å². The van der Waals surface area contributed by atoms with Crippen LogP contribution in [0, 0.1) is 0 Å². The molecule has 0 radical (unpaired) electrons. The van der Waals surface area contributed by atoms with Crippen LogP contribution in [0.5, 0.6) is 5.75 Å². The number of rotatable bonds is 3. The average Bonchev–Trinajstić information content (AvgIpc) is 2.45. The molecule has 0 amide bonds. The van der Waals surface area contributed by atoms with Gasteiger partial charge in [0.1, 0.15) is 16.7 Å². The van der Waals surface area contributed by atoms with E-state index in [9.17, 15) is 13.2 Å². The van der Waals surface area contributed by atoms with Crippen molar-refractivity contribution in [2.45, 2.75) is 6.18 Å². The molecule has 1 aromatic carbocycles. The van der Waals surface area contributed by atoms with Crippen molar-refractivity contribution in [3.05, 3.63) is 41.3 Å². The van der Waals surface area contributed by atoms with Gasteiger partial charge in [-0.15, -0.1) is 0 Å². The van der Waals surface area contributed by atoms with Crippen molar-refractivity contribution in [2.24, 2.45) is 0 Å². The largest absolute Gasteiger partial charge is 0.497 e. The van der Waals surface area contributed by atoms with E-state index in [0.717, 1.165) is 0 Å². The fraction of sp³-hybridized carbons (Fsp3) is 0.231. The van der Waals surface area contributed by atoms with Crippen LogP contribution in [-0.4, -0.2) is 24.1 Å². The van der Waals surface area contributed by atoms with Crippen LogP contribution in [0.1, 0.15) is 5.82 Å². The van der Waals surface area contributed by atoms with E-state index in [-0.39, 0.29) is 11.0 Å². The Morgan fingerprint density at radius 1 is 1.19 bits per heavy atom. The quantitative estimate of drug-likeness (QED) is 0.804. The lowest BCUT2D eigenvalue weighted by atomic mass is 10.3. The highest BCUT2D eigenvalue weighted by Crippen LogP contribution is 2.31. The number of alkyl halides is 3. The normalized spacial score (nSPS) is 11.3. The first-order valence-corrected chi connectivity index (χ1v) is 6.18. The lowest BCUT2D eigenvalue weighted by Gasteiger charge is -2.20. The molecule has 0 fully saturated rings. The van der Waals surface area contributed by atoms with E-state index in [1.54, 1.807) is 31.3 Å². The van der Waals surface area contributed by atoms with E-state index in [4.69, 9.17) is 16.3 Å². The van der Waals surface area contributed by atoms with Crippen molar-refractivity contribution in [3.63, 3.8) is 0 Å². The smallest absolute Gasteiger partial charge is 0.451 e. The van der Waals surface area contributed by atoms with Gasteiger partial charge in [0.15, 0.2) is 0 Å². The first-order chi connectivity index (χ1) is 9.81. The summed E-state index contributed by atoms with van der Waals surface area (Å²) < 4.78 is 43.2. The van der Waals surface area contributed by atoms with E-state index in [1.165, 1.54) is 18.1 Å². The molecule has 0 saturated heterocycles. The fourth-order valence-corrected chi connectivity index (χ4v) is 1.83. The van der Waals surface area contributed by atoms with Gasteiger partial charge in [0, 0.05) is 24.9 Å². The SMILES string of the molecule is COc1cccc(N(C)c2cc(Cl)nc(C(F)(F)F)n2)c1. The number of benzene rings is 1. The predicted octanol–water partition coefficient (Wildman–Crippen LogP) is 3.93. The maximum atomic E-state index is 12.7. The van der Waals surface area contributed by atoms with Gasteiger partial charge in [-0.2, -0.15) is 13.2 Å². The number of nitrogens with zero attached hydrogens (tertiary/aromatic N) is 3. The van der Waals surface area contributed by atoms with E-state index in [1.807, 2.05) is 0 Å². The summed E-state index contributed by atoms with van der Waals surface area (Å²) in [4.78, 5) is 8.16. The van der Waals surface area contributed by atoms with Gasteiger partial charge in [-0.1, -0.05) is 17.7 Å². The van der Waals surface area contributed by atoms with Crippen molar-refractivity contribution < 1.29 is 17.9 Å². The summed E-state index contributed by atoms with van der Waals surface area (Å²) in [6, 6.07) is 8.09. The van der Waals surface area contributed by atoms with Gasteiger partial charge in [-0.3, -0.25) is 0 Å². The molecule has 0 atom stereocenters. The minimum absolute atomic E-state index is 0.0376. The van der Waals surface area contributed by atoms with Crippen LogP contribution in [-0.2, 0) is 6.18 Å². The molecule has 1 heterocycles. The van der Waals surface area contributed by atoms with Crippen molar-refractivity contribution >= 4 is 23.1 Å². The standard InChI is InChI=1S/C13H11ClF3N3O/c1-20(8-4-3-5-9(6-8)21-2)11-7-10(14)18-12(19-11)13(15,16)17/h3-7H,1-2H3. The summed E-state index contributed by atoms with van der Waals surface area (Å²) in [6.45, 7) is 0. The van der Waals surface area contributed by atoms with E-state index in [0.29, 0.717) is 11.4 Å². The van der Waals surface area contributed by atoms with Crippen LogP contribution < -0.4 is 9.64 Å². The Bertz CT molecular complexity index is 649. The molecule has 0 saturated carbocycles. The fourth-order valence-electron chi connectivity index (χ4n) is 1.66. The molecule has 2 rings (SSSR count). The molecule has 0 spiro atoms. The second-order valence-electron chi connectivity index (χ2n) is 4.13. The van der Waals surface area contributed by atoms with Crippen LogP contribution >= 0.6 is 11.6 Å². The molecular weight excluding hydrogens is 307 g/mol. The van der Waals surface area contributed by atoms with Gasteiger partial charge in [0.2, 0.25) is 5.82 Å². The first-order valence-electron chi connectivity index (χ1n) is 5.81. The number of ether oxygens (including phenoxy) is 1. The molecule has 2 aromatic rings. The molecule has 0 N–H and O–H groups in total.